The summed E-state index contributed by atoms with van der Waals surface area (Å²) in [5, 5.41) is 21.2. The van der Waals surface area contributed by atoms with E-state index in [1.807, 2.05) is 27.7 Å². The number of carbonyl (C=O) groups excluding carboxylic acids is 7. The average molecular weight is 840 g/mol. The maximum atomic E-state index is 13.6. The van der Waals surface area contributed by atoms with Crippen molar-refractivity contribution >= 4 is 53.3 Å². The van der Waals surface area contributed by atoms with Crippen molar-refractivity contribution in [1.82, 2.24) is 20.9 Å². The second-order valence-corrected chi connectivity index (χ2v) is 15.9. The summed E-state index contributed by atoms with van der Waals surface area (Å²) in [6.07, 6.45) is 0.888. The van der Waals surface area contributed by atoms with Crippen molar-refractivity contribution in [3.63, 3.8) is 0 Å². The number of amides is 7. The molecule has 1 aliphatic heterocycles. The van der Waals surface area contributed by atoms with E-state index in [1.165, 1.54) is 36.4 Å². The zero-order valence-electron chi connectivity index (χ0n) is 34.4. The minimum absolute atomic E-state index is 0.0536. The molecule has 0 aromatic heterocycles. The number of primary amides is 1. The van der Waals surface area contributed by atoms with Crippen LogP contribution in [0.25, 0.3) is 0 Å². The predicted molar refractivity (Wildman–Crippen MR) is 215 cm³/mol. The van der Waals surface area contributed by atoms with Crippen molar-refractivity contribution in [2.45, 2.75) is 73.1 Å². The van der Waals surface area contributed by atoms with Crippen molar-refractivity contribution in [3.8, 4) is 5.75 Å². The smallest absolute Gasteiger partial charge is 0.449 e. The van der Waals surface area contributed by atoms with Crippen LogP contribution >= 0.6 is 0 Å². The normalized spacial score (nSPS) is 13.6. The molecule has 2 aromatic rings. The number of nitrogens with one attached hydrogen (secondary N) is 4. The fraction of sp³-hybridized carbons (Fsp3) is 0.475. The molecule has 1 unspecified atom stereocenters. The fourth-order valence-electron chi connectivity index (χ4n) is 5.54. The van der Waals surface area contributed by atoms with Crippen molar-refractivity contribution in [3.05, 3.63) is 76.4 Å². The van der Waals surface area contributed by atoms with E-state index in [0.29, 0.717) is 11.3 Å². The lowest BCUT2D eigenvalue weighted by atomic mass is 9.93. The minimum atomic E-state index is -1.11. The quantitative estimate of drug-likeness (QED) is 0.0281. The van der Waals surface area contributed by atoms with E-state index >= 15 is 0 Å². The summed E-state index contributed by atoms with van der Waals surface area (Å²) in [6, 6.07) is 8.16. The first kappa shape index (κ1) is 47.8. The number of nitro groups is 1. The molecule has 0 bridgehead atoms. The van der Waals surface area contributed by atoms with Crippen LogP contribution in [-0.2, 0) is 40.0 Å². The number of urea groups is 1. The van der Waals surface area contributed by atoms with E-state index < -0.39 is 63.8 Å². The van der Waals surface area contributed by atoms with Gasteiger partial charge in [0.25, 0.3) is 17.5 Å². The number of nitrogens with two attached hydrogens (primary N) is 1. The molecule has 326 valence electrons. The van der Waals surface area contributed by atoms with E-state index in [9.17, 15) is 43.7 Å². The van der Waals surface area contributed by atoms with Gasteiger partial charge in [-0.3, -0.25) is 34.2 Å². The largest absolute Gasteiger partial charge is 0.514 e. The second-order valence-electron chi connectivity index (χ2n) is 15.9. The Bertz CT molecular complexity index is 1880. The van der Waals surface area contributed by atoms with Crippen molar-refractivity contribution in [2.75, 3.05) is 38.2 Å². The standard InChI is InChI=1S/C40H53N7O13/c1-25(2)33(45-37(53)59-24-40(5,6)23-57-22-39(3,4)21-46-31(48)17-18-32(46)49)35(51)44-30(8-7-19-42-36(41)52)34(50)43-27-11-9-26(10-12-27)20-58-38(54)60-29-15-13-28(14-16-29)47(55)56/h9-18,25,30,33H,7-8,19-24H2,1-6H3,(H,43,50)(H,44,51)(H,45,53)(H3,41,42,52)/t30-,33?/m0/s1. The number of anilines is 1. The van der Waals surface area contributed by atoms with Crippen LogP contribution in [0.4, 0.5) is 25.8 Å². The molecular weight excluding hydrogens is 786 g/mol. The van der Waals surface area contributed by atoms with E-state index in [-0.39, 0.29) is 75.6 Å². The van der Waals surface area contributed by atoms with Gasteiger partial charge in [-0.1, -0.05) is 53.7 Å². The maximum Gasteiger partial charge on any atom is 0.514 e. The van der Waals surface area contributed by atoms with Crippen molar-refractivity contribution in [1.29, 1.82) is 0 Å². The summed E-state index contributed by atoms with van der Waals surface area (Å²) in [5.74, 6) is -2.38. The molecule has 2 aromatic carbocycles. The van der Waals surface area contributed by atoms with Gasteiger partial charge in [-0.2, -0.15) is 0 Å². The van der Waals surface area contributed by atoms with Crippen LogP contribution < -0.4 is 31.7 Å². The van der Waals surface area contributed by atoms with Crippen molar-refractivity contribution < 1.29 is 57.4 Å². The highest BCUT2D eigenvalue weighted by Crippen LogP contribution is 2.23. The number of nitrogens with zero attached hydrogens (tertiary/aromatic N) is 2. The molecule has 60 heavy (non-hydrogen) atoms. The molecule has 1 heterocycles. The monoisotopic (exact) mass is 839 g/mol. The van der Waals surface area contributed by atoms with Gasteiger partial charge in [0.1, 0.15) is 31.0 Å². The van der Waals surface area contributed by atoms with Gasteiger partial charge in [-0.25, -0.2) is 14.4 Å². The van der Waals surface area contributed by atoms with Gasteiger partial charge in [-0.05, 0) is 48.6 Å². The maximum absolute atomic E-state index is 13.6. The number of ether oxygens (including phenoxy) is 4. The first-order chi connectivity index (χ1) is 28.1. The third-order valence-corrected chi connectivity index (χ3v) is 8.72. The summed E-state index contributed by atoms with van der Waals surface area (Å²) < 4.78 is 21.5. The van der Waals surface area contributed by atoms with E-state index in [2.05, 4.69) is 21.3 Å². The van der Waals surface area contributed by atoms with Crippen LogP contribution in [0, 0.1) is 26.9 Å². The number of benzene rings is 2. The van der Waals surface area contributed by atoms with Crippen LogP contribution in [-0.4, -0.2) is 96.7 Å². The first-order valence-corrected chi connectivity index (χ1v) is 19.0. The Morgan fingerprint density at radius 3 is 2.03 bits per heavy atom. The summed E-state index contributed by atoms with van der Waals surface area (Å²) in [4.78, 5) is 98.6. The zero-order chi connectivity index (χ0) is 44.6. The molecule has 20 heteroatoms. The molecule has 0 saturated heterocycles. The molecule has 0 aliphatic carbocycles. The van der Waals surface area contributed by atoms with Crippen LogP contribution in [0.15, 0.2) is 60.7 Å². The Hall–Kier alpha value is -6.57. The Morgan fingerprint density at radius 2 is 1.45 bits per heavy atom. The van der Waals surface area contributed by atoms with Gasteiger partial charge in [-0.15, -0.1) is 0 Å². The van der Waals surface area contributed by atoms with Gasteiger partial charge in [0.15, 0.2) is 0 Å². The SMILES string of the molecule is CC(C)C(NC(=O)OCC(C)(C)COCC(C)(C)CN1C(=O)C=CC1=O)C(=O)N[C@@H](CCCNC(N)=O)C(=O)Nc1ccc(COC(=O)Oc2ccc([N+](=O)[O-])cc2)cc1. The number of hydrogen-bond donors (Lipinski definition) is 5. The summed E-state index contributed by atoms with van der Waals surface area (Å²) in [6.45, 7) is 11.2. The summed E-state index contributed by atoms with van der Waals surface area (Å²) >= 11 is 0. The predicted octanol–water partition coefficient (Wildman–Crippen LogP) is 3.93. The van der Waals surface area contributed by atoms with Crippen LogP contribution in [0.5, 0.6) is 5.75 Å². The van der Waals surface area contributed by atoms with Crippen LogP contribution in [0.1, 0.15) is 59.9 Å². The molecule has 0 fully saturated rings. The second kappa shape index (κ2) is 22.0. The average Bonchev–Trinajstić information content (AvgIpc) is 3.48. The Balaban J connectivity index is 1.53. The van der Waals surface area contributed by atoms with Gasteiger partial charge in [0.05, 0.1) is 18.1 Å². The molecule has 2 atom stereocenters. The number of nitro benzene ring substituents is 1. The zero-order valence-corrected chi connectivity index (χ0v) is 34.4. The summed E-state index contributed by atoms with van der Waals surface area (Å²) in [7, 11) is 0. The molecule has 3 rings (SSSR count). The van der Waals surface area contributed by atoms with E-state index in [0.717, 1.165) is 4.90 Å². The Morgan fingerprint density at radius 1 is 0.833 bits per heavy atom. The topological polar surface area (TPSA) is 277 Å². The highest BCUT2D eigenvalue weighted by atomic mass is 16.7. The molecule has 6 N–H and O–H groups in total. The van der Waals surface area contributed by atoms with Gasteiger partial charge in [0, 0.05) is 53.9 Å². The lowest BCUT2D eigenvalue weighted by Gasteiger charge is -2.31. The fourth-order valence-corrected chi connectivity index (χ4v) is 5.54. The number of rotatable bonds is 22. The molecule has 7 amide bonds. The first-order valence-electron chi connectivity index (χ1n) is 19.0. The molecule has 0 saturated carbocycles. The number of hydrogen-bond acceptors (Lipinski definition) is 13. The molecule has 20 nitrogen and oxygen atoms in total. The van der Waals surface area contributed by atoms with Crippen molar-refractivity contribution in [2.24, 2.45) is 22.5 Å². The Kier molecular flexibility index (Phi) is 17.5. The van der Waals surface area contributed by atoms with Crippen LogP contribution in [0.2, 0.25) is 0 Å². The molecule has 1 aliphatic rings. The highest BCUT2D eigenvalue weighted by Gasteiger charge is 2.33. The Labute approximate surface area is 347 Å². The van der Waals surface area contributed by atoms with E-state index in [1.54, 1.807) is 38.1 Å². The van der Waals surface area contributed by atoms with Crippen LogP contribution in [0.3, 0.4) is 0 Å². The molecular formula is C40H53N7O13. The third kappa shape index (κ3) is 16.4. The number of imide groups is 1. The highest BCUT2D eigenvalue weighted by molar-refractivity contribution is 6.12. The molecule has 0 spiro atoms. The van der Waals surface area contributed by atoms with Gasteiger partial charge >= 0.3 is 18.3 Å². The van der Waals surface area contributed by atoms with Gasteiger partial charge in [0.2, 0.25) is 11.8 Å². The lowest BCUT2D eigenvalue weighted by Crippen LogP contribution is -2.54. The summed E-state index contributed by atoms with van der Waals surface area (Å²) in [5.41, 5.74) is 4.68. The minimum Gasteiger partial charge on any atom is -0.449 e. The lowest BCUT2D eigenvalue weighted by molar-refractivity contribution is -0.384. The van der Waals surface area contributed by atoms with Gasteiger partial charge < -0.3 is 45.9 Å². The van der Waals surface area contributed by atoms with E-state index in [4.69, 9.17) is 24.7 Å². The number of carbonyl (C=O) groups is 7. The molecule has 0 radical (unpaired) electrons. The number of alkyl carbamates (subject to hydrolysis) is 1. The third-order valence-electron chi connectivity index (χ3n) is 8.72. The number of non-ortho nitro benzene ring substituents is 1.